The summed E-state index contributed by atoms with van der Waals surface area (Å²) in [6.07, 6.45) is 2.90. The molecule has 0 saturated carbocycles. The first-order valence-corrected chi connectivity index (χ1v) is 7.89. The van der Waals surface area contributed by atoms with Crippen LogP contribution in [0.3, 0.4) is 0 Å². The molecule has 2 aromatic carbocycles. The Morgan fingerprint density at radius 3 is 2.79 bits per heavy atom. The molecule has 1 N–H and O–H groups in total. The van der Waals surface area contributed by atoms with E-state index in [4.69, 9.17) is 0 Å². The molecule has 0 unspecified atom stereocenters. The Kier molecular flexibility index (Phi) is 3.50. The number of benzene rings is 2. The molecule has 0 spiro atoms. The smallest absolute Gasteiger partial charge is 0.298 e. The summed E-state index contributed by atoms with van der Waals surface area (Å²) in [4.78, 5) is 19.8. The Hall–Kier alpha value is -2.80. The van der Waals surface area contributed by atoms with Crippen LogP contribution in [-0.2, 0) is 0 Å². The fourth-order valence-corrected chi connectivity index (χ4v) is 2.74. The predicted octanol–water partition coefficient (Wildman–Crippen LogP) is 3.66. The van der Waals surface area contributed by atoms with Crippen LogP contribution in [0.25, 0.3) is 21.9 Å². The third-order valence-corrected chi connectivity index (χ3v) is 4.18. The van der Waals surface area contributed by atoms with Crippen LogP contribution in [0.5, 0.6) is 0 Å². The SMILES string of the molecule is O=c1c2[nH]c3ccc(F)cc3c2ncn1/N=C/c1ccc(Br)cc1. The first-order chi connectivity index (χ1) is 11.6. The lowest BCUT2D eigenvalue weighted by atomic mass is 10.2. The summed E-state index contributed by atoms with van der Waals surface area (Å²) in [6.45, 7) is 0. The van der Waals surface area contributed by atoms with E-state index in [9.17, 15) is 9.18 Å². The molecule has 0 atom stereocenters. The molecule has 0 amide bonds. The maximum atomic E-state index is 13.4. The minimum Gasteiger partial charge on any atom is -0.349 e. The van der Waals surface area contributed by atoms with Crippen molar-refractivity contribution in [2.45, 2.75) is 0 Å². The molecule has 4 aromatic rings. The van der Waals surface area contributed by atoms with Crippen LogP contribution in [0.1, 0.15) is 5.56 Å². The molecule has 2 aromatic heterocycles. The van der Waals surface area contributed by atoms with E-state index < -0.39 is 0 Å². The summed E-state index contributed by atoms with van der Waals surface area (Å²) in [7, 11) is 0. The van der Waals surface area contributed by atoms with Crippen molar-refractivity contribution in [3.8, 4) is 0 Å². The number of fused-ring (bicyclic) bond motifs is 3. The van der Waals surface area contributed by atoms with Crippen LogP contribution in [0.4, 0.5) is 4.39 Å². The van der Waals surface area contributed by atoms with Gasteiger partial charge in [0.1, 0.15) is 23.2 Å². The second-order valence-electron chi connectivity index (χ2n) is 5.23. The highest BCUT2D eigenvalue weighted by Crippen LogP contribution is 2.22. The van der Waals surface area contributed by atoms with Gasteiger partial charge in [-0.3, -0.25) is 4.79 Å². The normalized spacial score (nSPS) is 11.8. The lowest BCUT2D eigenvalue weighted by Crippen LogP contribution is -2.17. The lowest BCUT2D eigenvalue weighted by Gasteiger charge is -1.98. The Labute approximate surface area is 143 Å². The van der Waals surface area contributed by atoms with E-state index in [0.717, 1.165) is 14.7 Å². The van der Waals surface area contributed by atoms with Crippen LogP contribution in [0.15, 0.2) is 63.2 Å². The van der Waals surface area contributed by atoms with Crippen molar-refractivity contribution in [1.82, 2.24) is 14.6 Å². The molecule has 24 heavy (non-hydrogen) atoms. The standard InChI is InChI=1S/C17H10BrFN4O/c18-11-3-1-10(2-4-11)8-21-23-9-20-15-13-7-12(19)5-6-14(13)22-16(15)17(23)24/h1-9,22H/b21-8+. The zero-order valence-corrected chi connectivity index (χ0v) is 13.8. The second-order valence-corrected chi connectivity index (χ2v) is 6.14. The molecule has 4 rings (SSSR count). The minimum atomic E-state index is -0.373. The molecule has 5 nitrogen and oxygen atoms in total. The summed E-state index contributed by atoms with van der Waals surface area (Å²) in [5.41, 5.74) is 1.90. The maximum absolute atomic E-state index is 13.4. The number of nitrogens with zero attached hydrogens (tertiary/aromatic N) is 3. The van der Waals surface area contributed by atoms with E-state index in [0.29, 0.717) is 21.9 Å². The summed E-state index contributed by atoms with van der Waals surface area (Å²) >= 11 is 3.36. The van der Waals surface area contributed by atoms with Gasteiger partial charge in [-0.2, -0.15) is 9.78 Å². The van der Waals surface area contributed by atoms with Gasteiger partial charge < -0.3 is 4.98 Å². The summed E-state index contributed by atoms with van der Waals surface area (Å²) in [6, 6.07) is 11.8. The van der Waals surface area contributed by atoms with Crippen molar-refractivity contribution in [2.24, 2.45) is 5.10 Å². The molecule has 0 bridgehead atoms. The topological polar surface area (TPSA) is 63.0 Å². The molecule has 0 aliphatic rings. The van der Waals surface area contributed by atoms with Gasteiger partial charge >= 0.3 is 0 Å². The molecule has 0 aliphatic carbocycles. The number of aromatic amines is 1. The zero-order chi connectivity index (χ0) is 16.7. The molecule has 0 radical (unpaired) electrons. The van der Waals surface area contributed by atoms with E-state index in [1.165, 1.54) is 18.5 Å². The molecular weight excluding hydrogens is 375 g/mol. The van der Waals surface area contributed by atoms with E-state index >= 15 is 0 Å². The van der Waals surface area contributed by atoms with Gasteiger partial charge in [0, 0.05) is 15.4 Å². The Balaban J connectivity index is 1.82. The van der Waals surface area contributed by atoms with Crippen LogP contribution in [0.2, 0.25) is 0 Å². The van der Waals surface area contributed by atoms with Crippen molar-refractivity contribution >= 4 is 44.1 Å². The van der Waals surface area contributed by atoms with Crippen molar-refractivity contribution in [1.29, 1.82) is 0 Å². The van der Waals surface area contributed by atoms with Crippen molar-refractivity contribution in [3.05, 3.63) is 75.0 Å². The van der Waals surface area contributed by atoms with E-state index in [1.54, 1.807) is 12.3 Å². The van der Waals surface area contributed by atoms with Gasteiger partial charge in [0.2, 0.25) is 0 Å². The first-order valence-electron chi connectivity index (χ1n) is 7.10. The average molecular weight is 385 g/mol. The van der Waals surface area contributed by atoms with E-state index in [-0.39, 0.29) is 11.4 Å². The van der Waals surface area contributed by atoms with Gasteiger partial charge in [0.15, 0.2) is 0 Å². The fourth-order valence-electron chi connectivity index (χ4n) is 2.48. The molecule has 118 valence electrons. The van der Waals surface area contributed by atoms with Gasteiger partial charge in [-0.05, 0) is 35.9 Å². The van der Waals surface area contributed by atoms with Crippen molar-refractivity contribution < 1.29 is 4.39 Å². The number of rotatable bonds is 2. The van der Waals surface area contributed by atoms with Crippen LogP contribution < -0.4 is 5.56 Å². The minimum absolute atomic E-state index is 0.297. The first kappa shape index (κ1) is 14.8. The van der Waals surface area contributed by atoms with Crippen LogP contribution >= 0.6 is 15.9 Å². The van der Waals surface area contributed by atoms with Gasteiger partial charge in [0.25, 0.3) is 5.56 Å². The highest BCUT2D eigenvalue weighted by molar-refractivity contribution is 9.10. The van der Waals surface area contributed by atoms with Gasteiger partial charge in [-0.25, -0.2) is 9.37 Å². The van der Waals surface area contributed by atoms with Crippen molar-refractivity contribution in [2.75, 3.05) is 0 Å². The third kappa shape index (κ3) is 2.52. The number of nitrogens with one attached hydrogen (secondary N) is 1. The molecular formula is C17H10BrFN4O. The molecule has 0 saturated heterocycles. The molecule has 7 heteroatoms. The second kappa shape index (κ2) is 5.68. The summed E-state index contributed by atoms with van der Waals surface area (Å²) < 4.78 is 15.5. The Morgan fingerprint density at radius 2 is 2.00 bits per heavy atom. The number of H-pyrrole nitrogens is 1. The van der Waals surface area contributed by atoms with Gasteiger partial charge in [-0.15, -0.1) is 0 Å². The number of hydrogen-bond acceptors (Lipinski definition) is 3. The van der Waals surface area contributed by atoms with Crippen LogP contribution in [-0.4, -0.2) is 20.9 Å². The van der Waals surface area contributed by atoms with Gasteiger partial charge in [-0.1, -0.05) is 28.1 Å². The number of halogens is 2. The summed E-state index contributed by atoms with van der Waals surface area (Å²) in [5.74, 6) is -0.373. The zero-order valence-electron chi connectivity index (χ0n) is 12.2. The largest absolute Gasteiger partial charge is 0.349 e. The average Bonchev–Trinajstić information content (AvgIpc) is 2.95. The van der Waals surface area contributed by atoms with Crippen molar-refractivity contribution in [3.63, 3.8) is 0 Å². The number of hydrogen-bond donors (Lipinski definition) is 1. The quantitative estimate of drug-likeness (QED) is 0.536. The van der Waals surface area contributed by atoms with Gasteiger partial charge in [0.05, 0.1) is 6.21 Å². The number of aromatic nitrogens is 3. The van der Waals surface area contributed by atoms with E-state index in [2.05, 4.69) is 31.0 Å². The third-order valence-electron chi connectivity index (χ3n) is 3.65. The maximum Gasteiger partial charge on any atom is 0.298 e. The summed E-state index contributed by atoms with van der Waals surface area (Å²) in [5, 5.41) is 4.73. The molecule has 2 heterocycles. The fraction of sp³-hybridized carbons (Fsp3) is 0. The molecule has 0 fully saturated rings. The highest BCUT2D eigenvalue weighted by Gasteiger charge is 2.11. The van der Waals surface area contributed by atoms with Crippen LogP contribution in [0, 0.1) is 5.82 Å². The Morgan fingerprint density at radius 1 is 1.21 bits per heavy atom. The Bertz CT molecular complexity index is 1150. The predicted molar refractivity (Wildman–Crippen MR) is 95.0 cm³/mol. The monoisotopic (exact) mass is 384 g/mol. The lowest BCUT2D eigenvalue weighted by molar-refractivity contribution is 0.630. The highest BCUT2D eigenvalue weighted by atomic mass is 79.9. The van der Waals surface area contributed by atoms with E-state index in [1.807, 2.05) is 24.3 Å². The molecule has 0 aliphatic heterocycles.